The van der Waals surface area contributed by atoms with E-state index >= 15 is 0 Å². The van der Waals surface area contributed by atoms with Gasteiger partial charge in [0.05, 0.1) is 6.17 Å². The summed E-state index contributed by atoms with van der Waals surface area (Å²) in [4.78, 5) is 0. The Morgan fingerprint density at radius 3 is 2.05 bits per heavy atom. The maximum atomic E-state index is 5.85. The van der Waals surface area contributed by atoms with Crippen LogP contribution in [-0.2, 0) is 13.3 Å². The van der Waals surface area contributed by atoms with Crippen LogP contribution < -0.4 is 16.8 Å². The normalized spacial score (nSPS) is 13.3. The molecule has 0 bridgehead atoms. The zero-order chi connectivity index (χ0) is 14.3. The van der Waals surface area contributed by atoms with Crippen molar-refractivity contribution >= 4 is 14.5 Å². The Morgan fingerprint density at radius 2 is 1.63 bits per heavy atom. The predicted octanol–water partition coefficient (Wildman–Crippen LogP) is 0.474. The summed E-state index contributed by atoms with van der Waals surface area (Å²) in [6.07, 6.45) is 0.499. The maximum absolute atomic E-state index is 5.85. The van der Waals surface area contributed by atoms with Gasteiger partial charge in [-0.1, -0.05) is 12.1 Å². The molecule has 19 heavy (non-hydrogen) atoms. The Balaban J connectivity index is 2.63. The second kappa shape index (κ2) is 7.58. The van der Waals surface area contributed by atoms with Crippen molar-refractivity contribution < 1.29 is 13.3 Å². The highest BCUT2D eigenvalue weighted by Crippen LogP contribution is 2.15. The van der Waals surface area contributed by atoms with Crippen LogP contribution in [0.4, 0.5) is 5.69 Å². The average Bonchev–Trinajstić information content (AvgIpc) is 2.49. The van der Waals surface area contributed by atoms with E-state index in [-0.39, 0.29) is 6.04 Å². The summed E-state index contributed by atoms with van der Waals surface area (Å²) in [5.74, 6) is 0. The summed E-state index contributed by atoms with van der Waals surface area (Å²) in [5, 5.41) is 3.24. The lowest BCUT2D eigenvalue weighted by Crippen LogP contribution is -2.49. The van der Waals surface area contributed by atoms with Crippen molar-refractivity contribution in [1.29, 1.82) is 0 Å². The van der Waals surface area contributed by atoms with Crippen LogP contribution in [0, 0.1) is 0 Å². The first-order valence-corrected chi connectivity index (χ1v) is 7.99. The predicted molar refractivity (Wildman–Crippen MR) is 77.7 cm³/mol. The van der Waals surface area contributed by atoms with E-state index in [4.69, 9.17) is 24.7 Å². The van der Waals surface area contributed by atoms with E-state index in [1.807, 2.05) is 24.3 Å². The largest absolute Gasteiger partial charge is 0.520 e. The SMILES string of the molecule is CO[Si](CNc1ccc(C(N)CN)cc1)(OC)OC. The number of nitrogens with one attached hydrogen (secondary N) is 1. The highest BCUT2D eigenvalue weighted by Gasteiger charge is 2.37. The summed E-state index contributed by atoms with van der Waals surface area (Å²) >= 11 is 0. The molecule has 1 rings (SSSR count). The van der Waals surface area contributed by atoms with E-state index < -0.39 is 8.80 Å². The minimum absolute atomic E-state index is 0.126. The second-order valence-corrected chi connectivity index (χ2v) is 7.06. The fourth-order valence-electron chi connectivity index (χ4n) is 1.66. The van der Waals surface area contributed by atoms with Crippen LogP contribution in [0.15, 0.2) is 24.3 Å². The Kier molecular flexibility index (Phi) is 6.42. The van der Waals surface area contributed by atoms with Crippen LogP contribution >= 0.6 is 0 Å². The Morgan fingerprint density at radius 1 is 1.11 bits per heavy atom. The smallest absolute Gasteiger partial charge is 0.381 e. The van der Waals surface area contributed by atoms with Crippen LogP contribution in [0.3, 0.4) is 0 Å². The second-order valence-electron chi connectivity index (χ2n) is 4.11. The molecule has 0 spiro atoms. The minimum atomic E-state index is -2.60. The van der Waals surface area contributed by atoms with Crippen LogP contribution in [0.2, 0.25) is 0 Å². The lowest BCUT2D eigenvalue weighted by Gasteiger charge is -2.25. The van der Waals surface area contributed by atoms with Crippen molar-refractivity contribution in [1.82, 2.24) is 0 Å². The number of nitrogens with two attached hydrogens (primary N) is 2. The van der Waals surface area contributed by atoms with E-state index in [1.54, 1.807) is 21.3 Å². The third-order valence-electron chi connectivity index (χ3n) is 3.03. The zero-order valence-electron chi connectivity index (χ0n) is 11.7. The molecule has 1 aromatic carbocycles. The van der Waals surface area contributed by atoms with Gasteiger partial charge in [0.15, 0.2) is 0 Å². The first kappa shape index (κ1) is 16.1. The molecule has 108 valence electrons. The van der Waals surface area contributed by atoms with E-state index in [0.29, 0.717) is 12.7 Å². The van der Waals surface area contributed by atoms with Crippen molar-refractivity contribution in [3.63, 3.8) is 0 Å². The lowest BCUT2D eigenvalue weighted by molar-refractivity contribution is 0.127. The number of anilines is 1. The first-order valence-electron chi connectivity index (χ1n) is 6.05. The van der Waals surface area contributed by atoms with Crippen LogP contribution in [-0.4, -0.2) is 42.8 Å². The number of benzene rings is 1. The molecule has 0 saturated heterocycles. The maximum Gasteiger partial charge on any atom is 0.520 e. The van der Waals surface area contributed by atoms with Gasteiger partial charge < -0.3 is 30.1 Å². The molecule has 5 N–H and O–H groups in total. The standard InChI is InChI=1S/C12H23N3O3Si/c1-16-19(17-2,18-3)9-15-11-6-4-10(5-7-11)12(14)8-13/h4-7,12,15H,8-9,13-14H2,1-3H3. The molecule has 1 unspecified atom stereocenters. The quantitative estimate of drug-likeness (QED) is 0.602. The highest BCUT2D eigenvalue weighted by molar-refractivity contribution is 6.61. The summed E-state index contributed by atoms with van der Waals surface area (Å²) in [6, 6.07) is 7.68. The third-order valence-corrected chi connectivity index (χ3v) is 5.51. The van der Waals surface area contributed by atoms with Gasteiger partial charge in [-0.3, -0.25) is 0 Å². The molecule has 0 radical (unpaired) electrons. The van der Waals surface area contributed by atoms with Gasteiger partial charge in [-0.2, -0.15) is 0 Å². The molecule has 1 aromatic rings. The fourth-order valence-corrected chi connectivity index (χ4v) is 3.01. The molecule has 0 saturated carbocycles. The van der Waals surface area contributed by atoms with Gasteiger partial charge >= 0.3 is 8.80 Å². The number of hydrogen-bond acceptors (Lipinski definition) is 6. The van der Waals surface area contributed by atoms with Gasteiger partial charge in [-0.05, 0) is 17.7 Å². The topological polar surface area (TPSA) is 91.8 Å². The highest BCUT2D eigenvalue weighted by atomic mass is 28.4. The molecule has 0 fully saturated rings. The van der Waals surface area contributed by atoms with Gasteiger partial charge in [-0.25, -0.2) is 0 Å². The van der Waals surface area contributed by atoms with Crippen molar-refractivity contribution in [3.05, 3.63) is 29.8 Å². The first-order chi connectivity index (χ1) is 9.10. The minimum Gasteiger partial charge on any atom is -0.381 e. The van der Waals surface area contributed by atoms with Gasteiger partial charge in [0.2, 0.25) is 0 Å². The molecule has 7 heteroatoms. The van der Waals surface area contributed by atoms with Crippen molar-refractivity contribution in [2.75, 3.05) is 39.4 Å². The Hall–Kier alpha value is -0.963. The molecule has 1 atom stereocenters. The van der Waals surface area contributed by atoms with Crippen molar-refractivity contribution in [2.24, 2.45) is 11.5 Å². The molecule has 0 amide bonds. The van der Waals surface area contributed by atoms with Gasteiger partial charge in [0.1, 0.15) is 0 Å². The summed E-state index contributed by atoms with van der Waals surface area (Å²) in [7, 11) is 2.16. The van der Waals surface area contributed by atoms with E-state index in [1.165, 1.54) is 0 Å². The molecule has 0 aliphatic carbocycles. The summed E-state index contributed by atoms with van der Waals surface area (Å²) in [6.45, 7) is 0.430. The summed E-state index contributed by atoms with van der Waals surface area (Å²) < 4.78 is 16.0. The van der Waals surface area contributed by atoms with Gasteiger partial charge in [0, 0.05) is 39.6 Å². The molecule has 6 nitrogen and oxygen atoms in total. The van der Waals surface area contributed by atoms with E-state index in [0.717, 1.165) is 11.3 Å². The fraction of sp³-hybridized carbons (Fsp3) is 0.500. The molecule has 0 aliphatic heterocycles. The number of hydrogen-bond donors (Lipinski definition) is 3. The Labute approximate surface area is 115 Å². The van der Waals surface area contributed by atoms with Gasteiger partial charge in [-0.15, -0.1) is 0 Å². The van der Waals surface area contributed by atoms with E-state index in [9.17, 15) is 0 Å². The van der Waals surface area contributed by atoms with Crippen LogP contribution in [0.25, 0.3) is 0 Å². The van der Waals surface area contributed by atoms with Crippen molar-refractivity contribution in [3.8, 4) is 0 Å². The van der Waals surface area contributed by atoms with E-state index in [2.05, 4.69) is 5.32 Å². The number of rotatable bonds is 8. The third kappa shape index (κ3) is 4.27. The summed E-state index contributed by atoms with van der Waals surface area (Å²) in [5.41, 5.74) is 13.4. The molecule has 0 aliphatic rings. The monoisotopic (exact) mass is 285 g/mol. The average molecular weight is 285 g/mol. The Bertz CT molecular complexity index is 363. The molecule has 0 aromatic heterocycles. The molecular weight excluding hydrogens is 262 g/mol. The van der Waals surface area contributed by atoms with Crippen molar-refractivity contribution in [2.45, 2.75) is 6.04 Å². The lowest BCUT2D eigenvalue weighted by atomic mass is 10.1. The van der Waals surface area contributed by atoms with Crippen LogP contribution in [0.5, 0.6) is 0 Å². The molecule has 0 heterocycles. The van der Waals surface area contributed by atoms with Crippen LogP contribution in [0.1, 0.15) is 11.6 Å². The molecular formula is C12H23N3O3Si. The van der Waals surface area contributed by atoms with Gasteiger partial charge in [0.25, 0.3) is 0 Å². The zero-order valence-corrected chi connectivity index (χ0v) is 12.7.